The summed E-state index contributed by atoms with van der Waals surface area (Å²) in [6, 6.07) is 9.33. The Labute approximate surface area is 163 Å². The molecule has 144 valence electrons. The van der Waals surface area contributed by atoms with Crippen LogP contribution in [0.15, 0.2) is 70.2 Å². The highest BCUT2D eigenvalue weighted by atomic mass is 16.3. The van der Waals surface area contributed by atoms with Crippen molar-refractivity contribution in [2.24, 2.45) is 4.99 Å². The fraction of sp³-hybridized carbons (Fsp3) is 0.238. The van der Waals surface area contributed by atoms with Crippen LogP contribution >= 0.6 is 0 Å². The van der Waals surface area contributed by atoms with Crippen LogP contribution in [0.3, 0.4) is 0 Å². The molecule has 3 rings (SSSR count). The molecule has 1 N–H and O–H groups in total. The van der Waals surface area contributed by atoms with Gasteiger partial charge in [0.2, 0.25) is 5.43 Å². The minimum Gasteiger partial charge on any atom is -0.502 e. The maximum absolute atomic E-state index is 12.6. The molecule has 1 aliphatic rings. The number of rotatable bonds is 5. The number of carbonyl (C=O) groups excluding carboxylic acids is 1. The Morgan fingerprint density at radius 1 is 1.36 bits per heavy atom. The molecule has 0 aliphatic carbocycles. The number of hydrogen-bond acceptors (Lipinski definition) is 5. The number of amides is 1. The maximum Gasteiger partial charge on any atom is 0.275 e. The van der Waals surface area contributed by atoms with Crippen molar-refractivity contribution < 1.29 is 9.90 Å². The Balaban J connectivity index is 2.25. The molecule has 7 heteroatoms. The number of carbonyl (C=O) groups is 1. The molecule has 2 heterocycles. The second kappa shape index (κ2) is 8.04. The number of benzene rings is 1. The van der Waals surface area contributed by atoms with Crippen molar-refractivity contribution in [3.05, 3.63) is 81.9 Å². The van der Waals surface area contributed by atoms with E-state index >= 15 is 0 Å². The zero-order valence-electron chi connectivity index (χ0n) is 15.8. The normalized spacial score (nSPS) is 18.2. The minimum atomic E-state index is -0.684. The molecule has 2 atom stereocenters. The van der Waals surface area contributed by atoms with Crippen LogP contribution in [0.5, 0.6) is 5.75 Å². The molecular formula is C21H22N4O3. The summed E-state index contributed by atoms with van der Waals surface area (Å²) in [6.45, 7) is 5.96. The van der Waals surface area contributed by atoms with Gasteiger partial charge in [-0.15, -0.1) is 0 Å². The number of aromatic nitrogens is 2. The molecule has 0 radical (unpaired) electrons. The van der Waals surface area contributed by atoms with E-state index < -0.39 is 17.1 Å². The van der Waals surface area contributed by atoms with Gasteiger partial charge in [-0.25, -0.2) is 0 Å². The van der Waals surface area contributed by atoms with Crippen LogP contribution in [-0.4, -0.2) is 46.0 Å². The van der Waals surface area contributed by atoms with Crippen LogP contribution in [0.4, 0.5) is 0 Å². The van der Waals surface area contributed by atoms with Gasteiger partial charge in [0.05, 0.1) is 18.2 Å². The molecule has 1 aromatic carbocycles. The summed E-state index contributed by atoms with van der Waals surface area (Å²) in [7, 11) is 1.63. The van der Waals surface area contributed by atoms with Gasteiger partial charge in [0.25, 0.3) is 5.91 Å². The lowest BCUT2D eigenvalue weighted by atomic mass is 9.86. The number of likely N-dealkylation sites (N-methyl/N-ethyl adjacent to an activating group) is 1. The van der Waals surface area contributed by atoms with Crippen LogP contribution in [0, 0.1) is 0 Å². The molecule has 28 heavy (non-hydrogen) atoms. The van der Waals surface area contributed by atoms with Gasteiger partial charge in [-0.1, -0.05) is 42.5 Å². The van der Waals surface area contributed by atoms with Crippen LogP contribution in [0.25, 0.3) is 0 Å². The molecule has 0 saturated carbocycles. The minimum absolute atomic E-state index is 0.110. The first kappa shape index (κ1) is 19.3. The third-order valence-corrected chi connectivity index (χ3v) is 4.81. The average Bonchev–Trinajstić information content (AvgIpc) is 2.71. The number of hydrogen-bond donors (Lipinski definition) is 1. The quantitative estimate of drug-likeness (QED) is 0.640. The Kier molecular flexibility index (Phi) is 5.54. The van der Waals surface area contributed by atoms with Crippen LogP contribution in [0.2, 0.25) is 0 Å². The molecule has 1 aromatic heterocycles. The lowest BCUT2D eigenvalue weighted by Gasteiger charge is -2.37. The molecule has 0 fully saturated rings. The van der Waals surface area contributed by atoms with E-state index in [2.05, 4.69) is 16.8 Å². The van der Waals surface area contributed by atoms with E-state index in [0.717, 1.165) is 11.8 Å². The van der Waals surface area contributed by atoms with E-state index in [1.807, 2.05) is 55.5 Å². The van der Waals surface area contributed by atoms with Gasteiger partial charge in [0.1, 0.15) is 0 Å². The average molecular weight is 378 g/mol. The van der Waals surface area contributed by atoms with Crippen LogP contribution in [-0.2, 0) is 0 Å². The Morgan fingerprint density at radius 3 is 2.71 bits per heavy atom. The van der Waals surface area contributed by atoms with E-state index in [0.29, 0.717) is 12.2 Å². The van der Waals surface area contributed by atoms with Gasteiger partial charge >= 0.3 is 0 Å². The molecule has 1 amide bonds. The third kappa shape index (κ3) is 3.38. The zero-order chi connectivity index (χ0) is 20.3. The predicted octanol–water partition coefficient (Wildman–Crippen LogP) is 2.52. The van der Waals surface area contributed by atoms with Gasteiger partial charge in [-0.3, -0.25) is 19.3 Å². The molecule has 0 saturated heterocycles. The fourth-order valence-corrected chi connectivity index (χ4v) is 3.48. The van der Waals surface area contributed by atoms with Gasteiger partial charge in [-0.2, -0.15) is 5.10 Å². The number of allylic oxidation sites excluding steroid dienone is 4. The second-order valence-corrected chi connectivity index (χ2v) is 6.57. The molecule has 0 bridgehead atoms. The lowest BCUT2D eigenvalue weighted by Crippen LogP contribution is -2.45. The second-order valence-electron chi connectivity index (χ2n) is 6.57. The third-order valence-electron chi connectivity index (χ3n) is 4.81. The van der Waals surface area contributed by atoms with Gasteiger partial charge in [0.15, 0.2) is 11.4 Å². The van der Waals surface area contributed by atoms with Crippen LogP contribution in [0.1, 0.15) is 34.9 Å². The van der Waals surface area contributed by atoms with Crippen molar-refractivity contribution in [2.75, 3.05) is 13.6 Å². The van der Waals surface area contributed by atoms with E-state index in [-0.39, 0.29) is 17.7 Å². The first-order valence-corrected chi connectivity index (χ1v) is 8.90. The molecule has 2 unspecified atom stereocenters. The smallest absolute Gasteiger partial charge is 0.275 e. The lowest BCUT2D eigenvalue weighted by molar-refractivity contribution is 0.0685. The highest BCUT2D eigenvalue weighted by molar-refractivity contribution is 5.95. The summed E-state index contributed by atoms with van der Waals surface area (Å²) >= 11 is 0. The monoisotopic (exact) mass is 378 g/mol. The Morgan fingerprint density at radius 2 is 2.07 bits per heavy atom. The molecule has 1 aliphatic heterocycles. The van der Waals surface area contributed by atoms with Crippen molar-refractivity contribution in [1.29, 1.82) is 0 Å². The number of nitrogens with zero attached hydrogens (tertiary/aromatic N) is 4. The molecular weight excluding hydrogens is 356 g/mol. The van der Waals surface area contributed by atoms with E-state index in [9.17, 15) is 14.7 Å². The van der Waals surface area contributed by atoms with Crippen molar-refractivity contribution >= 4 is 12.6 Å². The predicted molar refractivity (Wildman–Crippen MR) is 108 cm³/mol. The van der Waals surface area contributed by atoms with Gasteiger partial charge in [0, 0.05) is 19.3 Å². The highest BCUT2D eigenvalue weighted by Crippen LogP contribution is 2.39. The number of fused-ring (bicyclic) bond motifs is 1. The largest absolute Gasteiger partial charge is 0.502 e. The standard InChI is InChI=1S/C21H22N4O3/c1-4-5-11-15(22-2)18(14-9-7-6-8-10-14)16-13-24(3)21(28)19-20(27)17(26)12-23-25(16)19/h4-12,16,18,27H,2,13H2,1,3H3/b5-4-,15-11-. The first-order chi connectivity index (χ1) is 13.5. The number of aliphatic imine (C=N–C) groups is 1. The van der Waals surface area contributed by atoms with E-state index in [1.165, 1.54) is 9.58 Å². The van der Waals surface area contributed by atoms with Gasteiger partial charge in [-0.05, 0) is 25.3 Å². The topological polar surface area (TPSA) is 87.8 Å². The summed E-state index contributed by atoms with van der Waals surface area (Å²) in [5, 5.41) is 14.4. The maximum atomic E-state index is 12.6. The molecule has 7 nitrogen and oxygen atoms in total. The van der Waals surface area contributed by atoms with Gasteiger partial charge < -0.3 is 10.0 Å². The zero-order valence-corrected chi connectivity index (χ0v) is 15.8. The summed E-state index contributed by atoms with van der Waals surface area (Å²) in [5.74, 6) is -1.33. The molecule has 2 aromatic rings. The Hall–Kier alpha value is -3.48. The number of aromatic hydroxyl groups is 1. The fourth-order valence-electron chi connectivity index (χ4n) is 3.48. The first-order valence-electron chi connectivity index (χ1n) is 8.90. The summed E-state index contributed by atoms with van der Waals surface area (Å²) < 4.78 is 1.44. The highest BCUT2D eigenvalue weighted by Gasteiger charge is 2.38. The summed E-state index contributed by atoms with van der Waals surface area (Å²) in [6.07, 6.45) is 6.65. The van der Waals surface area contributed by atoms with E-state index in [4.69, 9.17) is 0 Å². The Bertz CT molecular complexity index is 1010. The molecule has 0 spiro atoms. The van der Waals surface area contributed by atoms with Crippen LogP contribution < -0.4 is 5.43 Å². The van der Waals surface area contributed by atoms with Crippen molar-refractivity contribution in [1.82, 2.24) is 14.7 Å². The van der Waals surface area contributed by atoms with Crippen molar-refractivity contribution in [2.45, 2.75) is 18.9 Å². The summed E-state index contributed by atoms with van der Waals surface area (Å²) in [4.78, 5) is 30.2. The van der Waals surface area contributed by atoms with Crippen molar-refractivity contribution in [3.8, 4) is 5.75 Å². The van der Waals surface area contributed by atoms with Crippen molar-refractivity contribution in [3.63, 3.8) is 0 Å². The summed E-state index contributed by atoms with van der Waals surface area (Å²) in [5.41, 5.74) is 0.866. The van der Waals surface area contributed by atoms with E-state index in [1.54, 1.807) is 7.05 Å². The SMILES string of the molecule is C=N/C(=C\C=C/C)C(c1ccccc1)C1CN(C)C(=O)c2c(O)c(=O)cnn21.